The normalized spacial score (nSPS) is 23.3. The Bertz CT molecular complexity index is 653. The Balaban J connectivity index is 0.00000156. The summed E-state index contributed by atoms with van der Waals surface area (Å²) >= 11 is 0. The third-order valence-corrected chi connectivity index (χ3v) is 4.80. The highest BCUT2D eigenvalue weighted by Crippen LogP contribution is 2.30. The maximum Gasteiger partial charge on any atom is 0.172 e. The number of hydrogen-bond acceptors (Lipinski definition) is 5. The van der Waals surface area contributed by atoms with E-state index in [0.29, 0.717) is 6.04 Å². The molecule has 6 heteroatoms. The molecule has 23 heavy (non-hydrogen) atoms. The summed E-state index contributed by atoms with van der Waals surface area (Å²) in [4.78, 5) is 4.96. The second kappa shape index (κ2) is 6.93. The molecule has 0 spiro atoms. The zero-order valence-electron chi connectivity index (χ0n) is 13.3. The molecule has 124 valence electrons. The van der Waals surface area contributed by atoms with Crippen molar-refractivity contribution in [1.29, 1.82) is 0 Å². The van der Waals surface area contributed by atoms with Gasteiger partial charge in [-0.05, 0) is 25.0 Å². The van der Waals surface area contributed by atoms with Gasteiger partial charge in [-0.25, -0.2) is 0 Å². The lowest BCUT2D eigenvalue weighted by molar-refractivity contribution is 0.250. The van der Waals surface area contributed by atoms with Gasteiger partial charge < -0.3 is 19.1 Å². The molecule has 0 atom stereocenters. The van der Waals surface area contributed by atoms with Crippen molar-refractivity contribution in [2.75, 3.05) is 38.2 Å². The van der Waals surface area contributed by atoms with Gasteiger partial charge in [-0.15, -0.1) is 17.0 Å². The van der Waals surface area contributed by atoms with Gasteiger partial charge in [0.25, 0.3) is 0 Å². The second-order valence-corrected chi connectivity index (χ2v) is 6.05. The second-order valence-electron chi connectivity index (χ2n) is 6.05. The molecule has 1 aromatic carbocycles. The summed E-state index contributed by atoms with van der Waals surface area (Å²) in [5, 5.41) is 4.32. The van der Waals surface area contributed by atoms with Crippen molar-refractivity contribution in [3.05, 3.63) is 30.3 Å². The van der Waals surface area contributed by atoms with Crippen LogP contribution in [-0.2, 0) is 0 Å². The quantitative estimate of drug-likeness (QED) is 0.818. The molecule has 4 heterocycles. The molecule has 0 amide bonds. The molecule has 5 nitrogen and oxygen atoms in total. The average Bonchev–Trinajstić information content (AvgIpc) is 2.88. The number of fused-ring (bicyclic) bond motifs is 4. The van der Waals surface area contributed by atoms with Crippen LogP contribution in [0.25, 0.3) is 11.3 Å². The van der Waals surface area contributed by atoms with Crippen molar-refractivity contribution in [3.8, 4) is 17.1 Å². The van der Waals surface area contributed by atoms with E-state index in [1.165, 1.54) is 25.9 Å². The van der Waals surface area contributed by atoms with E-state index in [1.54, 1.807) is 7.11 Å². The van der Waals surface area contributed by atoms with Crippen molar-refractivity contribution >= 4 is 22.8 Å². The van der Waals surface area contributed by atoms with Gasteiger partial charge in [0.1, 0.15) is 5.75 Å². The Labute approximate surface area is 147 Å². The van der Waals surface area contributed by atoms with Crippen LogP contribution in [0.4, 0.5) is 5.82 Å². The third-order valence-electron chi connectivity index (χ3n) is 4.80. The number of methoxy groups -OCH3 is 1. The van der Waals surface area contributed by atoms with E-state index in [2.05, 4.69) is 21.0 Å². The van der Waals surface area contributed by atoms with E-state index in [-0.39, 0.29) is 17.0 Å². The van der Waals surface area contributed by atoms with Crippen molar-refractivity contribution in [3.63, 3.8) is 0 Å². The van der Waals surface area contributed by atoms with E-state index in [1.807, 2.05) is 24.3 Å². The van der Waals surface area contributed by atoms with E-state index in [9.17, 15) is 0 Å². The highest BCUT2D eigenvalue weighted by molar-refractivity contribution is 8.93. The fourth-order valence-electron chi connectivity index (χ4n) is 3.50. The number of piperidine rings is 1. The summed E-state index contributed by atoms with van der Waals surface area (Å²) in [5.74, 6) is 2.59. The minimum Gasteiger partial charge on any atom is -0.497 e. The van der Waals surface area contributed by atoms with E-state index in [4.69, 9.17) is 9.26 Å². The van der Waals surface area contributed by atoms with E-state index >= 15 is 0 Å². The molecule has 0 radical (unpaired) electrons. The summed E-state index contributed by atoms with van der Waals surface area (Å²) in [7, 11) is 1.67. The molecule has 0 unspecified atom stereocenters. The molecule has 3 saturated heterocycles. The van der Waals surface area contributed by atoms with Crippen molar-refractivity contribution < 1.29 is 9.26 Å². The Kier molecular flexibility index (Phi) is 4.92. The first-order valence-electron chi connectivity index (χ1n) is 7.93. The first kappa shape index (κ1) is 16.3. The van der Waals surface area contributed by atoms with Crippen molar-refractivity contribution in [2.24, 2.45) is 0 Å². The Morgan fingerprint density at radius 1 is 1.13 bits per heavy atom. The molecule has 3 aliphatic heterocycles. The topological polar surface area (TPSA) is 41.7 Å². The van der Waals surface area contributed by atoms with Crippen LogP contribution in [-0.4, -0.2) is 49.4 Å². The largest absolute Gasteiger partial charge is 0.497 e. The predicted octanol–water partition coefficient (Wildman–Crippen LogP) is 3.21. The van der Waals surface area contributed by atoms with Gasteiger partial charge in [0.05, 0.1) is 7.11 Å². The number of rotatable bonds is 3. The molecule has 2 bridgehead atoms. The van der Waals surface area contributed by atoms with Gasteiger partial charge >= 0.3 is 0 Å². The van der Waals surface area contributed by atoms with Crippen molar-refractivity contribution in [2.45, 2.75) is 18.9 Å². The number of hydrogen-bond donors (Lipinski definition) is 0. The first-order chi connectivity index (χ1) is 10.8. The van der Waals surface area contributed by atoms with Crippen LogP contribution in [0.2, 0.25) is 0 Å². The van der Waals surface area contributed by atoms with Crippen molar-refractivity contribution in [1.82, 2.24) is 10.1 Å². The summed E-state index contributed by atoms with van der Waals surface area (Å²) in [6.45, 7) is 4.58. The molecule has 0 saturated carbocycles. The number of halogens is 1. The van der Waals surface area contributed by atoms with Crippen LogP contribution in [0.5, 0.6) is 5.75 Å². The molecule has 0 N–H and O–H groups in total. The van der Waals surface area contributed by atoms with Crippen LogP contribution < -0.4 is 9.64 Å². The maximum absolute atomic E-state index is 5.59. The van der Waals surface area contributed by atoms with Gasteiger partial charge in [-0.1, -0.05) is 17.3 Å². The number of ether oxygens (including phenoxy) is 1. The lowest BCUT2D eigenvalue weighted by Crippen LogP contribution is -2.38. The number of benzene rings is 1. The minimum atomic E-state index is 0. The molecule has 3 aliphatic rings. The highest BCUT2D eigenvalue weighted by Gasteiger charge is 2.30. The number of anilines is 1. The van der Waals surface area contributed by atoms with Crippen LogP contribution in [0.15, 0.2) is 34.9 Å². The summed E-state index contributed by atoms with van der Waals surface area (Å²) in [5.41, 5.74) is 1.00. The van der Waals surface area contributed by atoms with Gasteiger partial charge in [-0.2, -0.15) is 0 Å². The van der Waals surface area contributed by atoms with Gasteiger partial charge in [0, 0.05) is 43.9 Å². The number of nitrogens with zero attached hydrogens (tertiary/aromatic N) is 3. The van der Waals surface area contributed by atoms with Crippen LogP contribution in [0, 0.1) is 0 Å². The maximum atomic E-state index is 5.59. The summed E-state index contributed by atoms with van der Waals surface area (Å²) in [6, 6.07) is 10.6. The van der Waals surface area contributed by atoms with E-state index in [0.717, 1.165) is 36.0 Å². The Morgan fingerprint density at radius 3 is 2.74 bits per heavy atom. The Hall–Kier alpha value is -1.53. The molecular formula is C17H22BrN3O2. The smallest absolute Gasteiger partial charge is 0.172 e. The first-order valence-corrected chi connectivity index (χ1v) is 7.93. The standard InChI is InChI=1S/C17H21N3O2.BrH/c1-21-15-4-2-3-13(11-15)16-12-17(18-22-16)20-10-9-19-7-5-14(20)6-8-19;/h2-4,11-12,14H,5-10H2,1H3;1H. The molecule has 5 rings (SSSR count). The number of aromatic nitrogens is 1. The lowest BCUT2D eigenvalue weighted by atomic mass is 10.1. The molecule has 2 aromatic rings. The zero-order chi connectivity index (χ0) is 14.9. The third kappa shape index (κ3) is 3.23. The Morgan fingerprint density at radius 2 is 1.96 bits per heavy atom. The van der Waals surface area contributed by atoms with Gasteiger partial charge in [-0.3, -0.25) is 0 Å². The van der Waals surface area contributed by atoms with Gasteiger partial charge in [0.15, 0.2) is 11.6 Å². The lowest BCUT2D eigenvalue weighted by Gasteiger charge is -2.30. The summed E-state index contributed by atoms with van der Waals surface area (Å²) in [6.07, 6.45) is 2.45. The minimum absolute atomic E-state index is 0. The average molecular weight is 380 g/mol. The van der Waals surface area contributed by atoms with E-state index < -0.39 is 0 Å². The molecule has 1 aromatic heterocycles. The predicted molar refractivity (Wildman–Crippen MR) is 95.6 cm³/mol. The van der Waals surface area contributed by atoms with Crippen LogP contribution in [0.1, 0.15) is 12.8 Å². The summed E-state index contributed by atoms with van der Waals surface area (Å²) < 4.78 is 10.9. The fraction of sp³-hybridized carbons (Fsp3) is 0.471. The SMILES string of the molecule is Br.COc1cccc(-c2cc(N3CCN4CCC3CC4)no2)c1. The monoisotopic (exact) mass is 379 g/mol. The molecular weight excluding hydrogens is 358 g/mol. The van der Waals surface area contributed by atoms with Crippen LogP contribution >= 0.6 is 17.0 Å². The zero-order valence-corrected chi connectivity index (χ0v) is 15.0. The van der Waals surface area contributed by atoms with Gasteiger partial charge in [0.2, 0.25) is 0 Å². The molecule has 0 aliphatic carbocycles. The highest BCUT2D eigenvalue weighted by atomic mass is 79.9. The fourth-order valence-corrected chi connectivity index (χ4v) is 3.50. The molecule has 3 fully saturated rings. The van der Waals surface area contributed by atoms with Crippen LogP contribution in [0.3, 0.4) is 0 Å².